The summed E-state index contributed by atoms with van der Waals surface area (Å²) < 4.78 is 40.8. The van der Waals surface area contributed by atoms with E-state index in [0.717, 1.165) is 10.9 Å². The average molecular weight is 402 g/mol. The third-order valence-electron chi connectivity index (χ3n) is 3.47. The van der Waals surface area contributed by atoms with Crippen LogP contribution in [-0.4, -0.2) is 10.5 Å². The van der Waals surface area contributed by atoms with E-state index in [2.05, 4.69) is 10.0 Å². The normalized spacial score (nSPS) is 13.3. The maximum atomic E-state index is 13.7. The molecule has 0 saturated heterocycles. The van der Waals surface area contributed by atoms with E-state index in [0.29, 0.717) is 5.69 Å². The molecule has 2 N–H and O–H groups in total. The Morgan fingerprint density at radius 1 is 1.11 bits per heavy atom. The van der Waals surface area contributed by atoms with E-state index in [1.807, 2.05) is 17.5 Å². The van der Waals surface area contributed by atoms with Crippen molar-refractivity contribution in [3.05, 3.63) is 82.8 Å². The van der Waals surface area contributed by atoms with Gasteiger partial charge in [-0.05, 0) is 41.8 Å². The number of thiophene rings is 1. The van der Waals surface area contributed by atoms with Crippen LogP contribution in [0.25, 0.3) is 6.08 Å². The fourth-order valence-corrected chi connectivity index (χ4v) is 3.95. The van der Waals surface area contributed by atoms with Crippen LogP contribution in [0.5, 0.6) is 0 Å². The predicted octanol–water partition coefficient (Wildman–Crippen LogP) is 4.56. The van der Waals surface area contributed by atoms with E-state index in [9.17, 15) is 17.9 Å². The Labute approximate surface area is 160 Å². The minimum atomic E-state index is -4.00. The van der Waals surface area contributed by atoms with Gasteiger partial charge in [-0.3, -0.25) is 4.79 Å². The first-order valence-corrected chi connectivity index (χ1v) is 10.2. The van der Waals surface area contributed by atoms with Gasteiger partial charge < -0.3 is 9.87 Å². The van der Waals surface area contributed by atoms with Crippen LogP contribution in [0.3, 0.4) is 0 Å². The van der Waals surface area contributed by atoms with E-state index < -0.39 is 16.2 Å². The molecule has 0 fully saturated rings. The first-order valence-electron chi connectivity index (χ1n) is 7.84. The van der Waals surface area contributed by atoms with Gasteiger partial charge in [0.05, 0.1) is 0 Å². The zero-order valence-electron chi connectivity index (χ0n) is 13.9. The third kappa shape index (κ3) is 5.10. The summed E-state index contributed by atoms with van der Waals surface area (Å²) in [4.78, 5) is 12.8. The van der Waals surface area contributed by atoms with Gasteiger partial charge in [0.2, 0.25) is 5.91 Å². The van der Waals surface area contributed by atoms with Gasteiger partial charge in [-0.15, -0.1) is 11.3 Å². The number of sulfonamides is 1. The maximum absolute atomic E-state index is 13.7. The van der Waals surface area contributed by atoms with Crippen LogP contribution >= 0.6 is 11.3 Å². The Kier molecular flexibility index (Phi) is 5.80. The smallest absolute Gasteiger partial charge is 0.248 e. The summed E-state index contributed by atoms with van der Waals surface area (Å²) in [6.45, 7) is 0. The number of benzene rings is 2. The molecule has 0 radical (unpaired) electrons. The van der Waals surface area contributed by atoms with Crippen LogP contribution in [0.2, 0.25) is 0 Å². The van der Waals surface area contributed by atoms with E-state index in [1.54, 1.807) is 12.1 Å². The molecule has 1 heterocycles. The summed E-state index contributed by atoms with van der Waals surface area (Å²) >= 11 is 1.49. The summed E-state index contributed by atoms with van der Waals surface area (Å²) in [5, 5.41) is 4.50. The number of halogens is 1. The molecule has 1 unspecified atom stereocenters. The van der Waals surface area contributed by atoms with Crippen molar-refractivity contribution in [2.24, 2.45) is 0 Å². The van der Waals surface area contributed by atoms with Gasteiger partial charge in [0, 0.05) is 22.7 Å². The number of rotatable bonds is 6. The summed E-state index contributed by atoms with van der Waals surface area (Å²) in [7, 11) is -4.00. The topological polar surface area (TPSA) is 81.3 Å². The number of amides is 1. The molecule has 3 rings (SSSR count). The second-order valence-corrected chi connectivity index (χ2v) is 8.11. The molecular formula is C19H15FN2O3S2. The van der Waals surface area contributed by atoms with Crippen LogP contribution in [0.15, 0.2) is 77.0 Å². The van der Waals surface area contributed by atoms with E-state index in [1.165, 1.54) is 53.8 Å². The van der Waals surface area contributed by atoms with Crippen LogP contribution in [-0.2, 0) is 19.4 Å². The van der Waals surface area contributed by atoms with Crippen molar-refractivity contribution in [1.82, 2.24) is 0 Å². The van der Waals surface area contributed by atoms with Gasteiger partial charge in [-0.1, -0.05) is 28.5 Å². The number of para-hydroxylation sites is 1. The summed E-state index contributed by atoms with van der Waals surface area (Å²) in [5.41, 5.74) is 0.165. The zero-order valence-corrected chi connectivity index (χ0v) is 15.6. The fourth-order valence-electron chi connectivity index (χ4n) is 2.22. The van der Waals surface area contributed by atoms with Crippen molar-refractivity contribution in [1.29, 1.82) is 0 Å². The molecule has 27 heavy (non-hydrogen) atoms. The van der Waals surface area contributed by atoms with Gasteiger partial charge in [0.1, 0.15) is 5.69 Å². The largest absolute Gasteiger partial charge is 0.588 e. The Hall–Kier alpha value is -2.81. The minimum absolute atomic E-state index is 0.0919. The Morgan fingerprint density at radius 2 is 1.93 bits per heavy atom. The number of carbonyl (C=O) groups excluding carboxylic acids is 1. The molecule has 138 valence electrons. The first-order chi connectivity index (χ1) is 12.9. The van der Waals surface area contributed by atoms with Crippen LogP contribution in [0, 0.1) is 5.82 Å². The molecule has 0 spiro atoms. The van der Waals surface area contributed by atoms with Crippen molar-refractivity contribution in [3.63, 3.8) is 0 Å². The quantitative estimate of drug-likeness (QED) is 0.469. The van der Waals surface area contributed by atoms with Crippen molar-refractivity contribution in [3.8, 4) is 0 Å². The van der Waals surface area contributed by atoms with Crippen LogP contribution in [0.1, 0.15) is 4.88 Å². The SMILES string of the molecule is O=C(/C=C/c1cccs1)Nc1cccc([S+](=O)([O-])Nc2ccccc2F)c1. The molecular weight excluding hydrogens is 387 g/mol. The van der Waals surface area contributed by atoms with Gasteiger partial charge in [0.15, 0.2) is 21.1 Å². The lowest BCUT2D eigenvalue weighted by molar-refractivity contribution is -0.111. The fraction of sp³-hybridized carbons (Fsp3) is 0. The monoisotopic (exact) mass is 402 g/mol. The second-order valence-electron chi connectivity index (χ2n) is 5.45. The maximum Gasteiger partial charge on any atom is 0.248 e. The standard InChI is InChI=1S/C19H15FN2O3S2/c20-17-8-1-2-9-18(17)22-27(24,25)16-7-3-5-14(13-16)21-19(23)11-10-15-6-4-12-26-15/h1-13H,(H2-,21,22,23,24,25)/b11-10+. The number of carbonyl (C=O) groups is 1. The van der Waals surface area contributed by atoms with Crippen LogP contribution in [0.4, 0.5) is 15.8 Å². The Morgan fingerprint density at radius 3 is 2.67 bits per heavy atom. The van der Waals surface area contributed by atoms with Crippen LogP contribution < -0.4 is 10.0 Å². The van der Waals surface area contributed by atoms with Gasteiger partial charge in [-0.2, -0.15) is 4.72 Å². The number of hydrogen-bond donors (Lipinski definition) is 2. The molecule has 0 saturated carbocycles. The van der Waals surface area contributed by atoms with E-state index in [4.69, 9.17) is 0 Å². The number of hydrogen-bond acceptors (Lipinski definition) is 4. The van der Waals surface area contributed by atoms with Crippen molar-refractivity contribution in [2.45, 2.75) is 4.90 Å². The van der Waals surface area contributed by atoms with E-state index in [-0.39, 0.29) is 16.5 Å². The molecule has 8 heteroatoms. The highest BCUT2D eigenvalue weighted by Gasteiger charge is 2.22. The highest BCUT2D eigenvalue weighted by atomic mass is 32.3. The third-order valence-corrected chi connectivity index (χ3v) is 5.67. The van der Waals surface area contributed by atoms with Gasteiger partial charge in [0.25, 0.3) is 0 Å². The van der Waals surface area contributed by atoms with Crippen molar-refractivity contribution >= 4 is 45.1 Å². The van der Waals surface area contributed by atoms with Crippen molar-refractivity contribution < 1.29 is 17.9 Å². The molecule has 1 aromatic heterocycles. The Bertz CT molecular complexity index is 1020. The first kappa shape index (κ1) is 19.0. The average Bonchev–Trinajstić information content (AvgIpc) is 3.16. The summed E-state index contributed by atoms with van der Waals surface area (Å²) in [6.07, 6.45) is 3.03. The lowest BCUT2D eigenvalue weighted by Crippen LogP contribution is -2.22. The highest BCUT2D eigenvalue weighted by Crippen LogP contribution is 2.24. The Balaban J connectivity index is 1.73. The molecule has 1 amide bonds. The summed E-state index contributed by atoms with van der Waals surface area (Å²) in [6, 6.07) is 15.0. The van der Waals surface area contributed by atoms with Gasteiger partial charge >= 0.3 is 0 Å². The predicted molar refractivity (Wildman–Crippen MR) is 106 cm³/mol. The highest BCUT2D eigenvalue weighted by molar-refractivity contribution is 7.99. The molecule has 1 atom stereocenters. The van der Waals surface area contributed by atoms with E-state index >= 15 is 0 Å². The number of nitrogens with one attached hydrogen (secondary N) is 2. The summed E-state index contributed by atoms with van der Waals surface area (Å²) in [5.74, 6) is -1.07. The molecule has 2 aromatic carbocycles. The van der Waals surface area contributed by atoms with Gasteiger partial charge in [-0.25, -0.2) is 4.39 Å². The zero-order chi connectivity index (χ0) is 19.3. The minimum Gasteiger partial charge on any atom is -0.588 e. The number of anilines is 2. The molecule has 5 nitrogen and oxygen atoms in total. The molecule has 0 bridgehead atoms. The molecule has 0 aliphatic heterocycles. The lowest BCUT2D eigenvalue weighted by Gasteiger charge is -2.17. The van der Waals surface area contributed by atoms with Crippen molar-refractivity contribution in [2.75, 3.05) is 10.0 Å². The molecule has 0 aliphatic rings. The molecule has 3 aromatic rings. The molecule has 0 aliphatic carbocycles. The lowest BCUT2D eigenvalue weighted by atomic mass is 10.3. The second kappa shape index (κ2) is 8.26.